The van der Waals surface area contributed by atoms with Crippen molar-refractivity contribution in [3.63, 3.8) is 0 Å². The maximum Gasteiger partial charge on any atom is 0.252 e. The highest BCUT2D eigenvalue weighted by Crippen LogP contribution is 2.30. The van der Waals surface area contributed by atoms with Gasteiger partial charge in [0.1, 0.15) is 5.75 Å². The molecule has 0 bridgehead atoms. The molecule has 0 aliphatic carbocycles. The van der Waals surface area contributed by atoms with Crippen LogP contribution in [0.15, 0.2) is 46.1 Å². The van der Waals surface area contributed by atoms with E-state index in [1.165, 1.54) is 35.2 Å². The van der Waals surface area contributed by atoms with Crippen LogP contribution in [0.4, 0.5) is 0 Å². The number of hydrogen-bond donors (Lipinski definition) is 3. The maximum atomic E-state index is 12.4. The van der Waals surface area contributed by atoms with Crippen molar-refractivity contribution in [3.05, 3.63) is 63.0 Å². The van der Waals surface area contributed by atoms with Crippen LogP contribution in [0.1, 0.15) is 15.9 Å². The molecule has 12 heteroatoms. The highest BCUT2D eigenvalue weighted by molar-refractivity contribution is 8.01. The summed E-state index contributed by atoms with van der Waals surface area (Å²) in [6.45, 7) is 3.24. The first-order chi connectivity index (χ1) is 17.3. The third kappa shape index (κ3) is 7.12. The minimum absolute atomic E-state index is 0.0366. The molecule has 2 aromatic carbocycles. The summed E-state index contributed by atoms with van der Waals surface area (Å²) in [6, 6.07) is 10.2. The lowest BCUT2D eigenvalue weighted by Crippen LogP contribution is -2.47. The first kappa shape index (κ1) is 26.7. The minimum atomic E-state index is -0.713. The Morgan fingerprint density at radius 1 is 1.25 bits per heavy atom. The summed E-state index contributed by atoms with van der Waals surface area (Å²) < 4.78 is 6.54. The molecular weight excluding hydrogens is 543 g/mol. The first-order valence-electron chi connectivity index (χ1n) is 11.0. The zero-order valence-corrected chi connectivity index (χ0v) is 22.2. The van der Waals surface area contributed by atoms with Crippen molar-refractivity contribution in [2.24, 2.45) is 5.73 Å². The molecule has 4 rings (SSSR count). The van der Waals surface area contributed by atoms with Gasteiger partial charge >= 0.3 is 0 Å². The van der Waals surface area contributed by atoms with E-state index in [0.29, 0.717) is 41.0 Å². The van der Waals surface area contributed by atoms with E-state index in [4.69, 9.17) is 33.7 Å². The van der Waals surface area contributed by atoms with Crippen LogP contribution in [0.3, 0.4) is 0 Å². The number of nitrogens with one attached hydrogen (secondary N) is 1. The van der Waals surface area contributed by atoms with Gasteiger partial charge in [0.05, 0.1) is 39.8 Å². The van der Waals surface area contributed by atoms with E-state index in [2.05, 4.69) is 15.2 Å². The number of aromatic hydroxyl groups is 1. The number of aromatic nitrogens is 1. The molecular formula is C24H24Cl2N4O4S2. The second-order valence-electron chi connectivity index (χ2n) is 8.16. The zero-order valence-electron chi connectivity index (χ0n) is 19.1. The van der Waals surface area contributed by atoms with Gasteiger partial charge in [-0.3, -0.25) is 14.5 Å². The molecule has 8 nitrogen and oxygen atoms in total. The second kappa shape index (κ2) is 12.3. The zero-order chi connectivity index (χ0) is 25.7. The molecule has 1 fully saturated rings. The Labute approximate surface area is 226 Å². The number of carbonyl (C=O) groups is 2. The van der Waals surface area contributed by atoms with Crippen LogP contribution in [-0.2, 0) is 16.1 Å². The Hall–Kier alpha value is -2.34. The number of ether oxygens (including phenoxy) is 1. The Bertz CT molecular complexity index is 1260. The van der Waals surface area contributed by atoms with Gasteiger partial charge in [0.2, 0.25) is 5.91 Å². The number of rotatable bonds is 9. The fraction of sp³-hybridized carbons (Fsp3) is 0.292. The smallest absolute Gasteiger partial charge is 0.252 e. The number of thiazole rings is 1. The lowest BCUT2D eigenvalue weighted by molar-refractivity contribution is -0.119. The molecule has 1 atom stereocenters. The lowest BCUT2D eigenvalue weighted by atomic mass is 10.1. The monoisotopic (exact) mass is 566 g/mol. The number of morpholine rings is 1. The first-order valence-corrected chi connectivity index (χ1v) is 13.7. The summed E-state index contributed by atoms with van der Waals surface area (Å²) in [6.07, 6.45) is -0.101. The Kier molecular flexibility index (Phi) is 9.10. The van der Waals surface area contributed by atoms with E-state index in [1.807, 2.05) is 17.5 Å². The van der Waals surface area contributed by atoms with Gasteiger partial charge in [0.25, 0.3) is 5.91 Å². The van der Waals surface area contributed by atoms with Gasteiger partial charge in [0, 0.05) is 37.1 Å². The number of thioether (sulfide) groups is 1. The average molecular weight is 568 g/mol. The molecule has 4 N–H and O–H groups in total. The van der Waals surface area contributed by atoms with Crippen LogP contribution in [0.2, 0.25) is 10.0 Å². The third-order valence-corrected chi connectivity index (χ3v) is 8.27. The van der Waals surface area contributed by atoms with Gasteiger partial charge in [-0.25, -0.2) is 4.98 Å². The number of nitrogens with zero attached hydrogens (tertiary/aromatic N) is 2. The standard InChI is InChI=1S/C24H24Cl2N4O4S2/c25-18-3-1-14(7-19(18)26)10-30-5-6-34-16(11-30)9-28-22(32)13-36-24-29-20(12-35-24)15-2-4-21(31)17(8-15)23(27)33/h1-4,7-8,12,16,31H,5-6,9-11,13H2,(H2,27,33)(H,28,32)/t16-/m0/s1. The third-order valence-electron chi connectivity index (χ3n) is 5.51. The van der Waals surface area contributed by atoms with Crippen molar-refractivity contribution in [1.29, 1.82) is 0 Å². The summed E-state index contributed by atoms with van der Waals surface area (Å²) in [5, 5.41) is 15.6. The Morgan fingerprint density at radius 3 is 2.86 bits per heavy atom. The molecule has 1 aliphatic rings. The number of amides is 2. The Balaban J connectivity index is 1.23. The summed E-state index contributed by atoms with van der Waals surface area (Å²) in [7, 11) is 0. The van der Waals surface area contributed by atoms with Crippen LogP contribution in [0, 0.1) is 0 Å². The predicted molar refractivity (Wildman–Crippen MR) is 143 cm³/mol. The van der Waals surface area contributed by atoms with E-state index in [9.17, 15) is 14.7 Å². The molecule has 190 valence electrons. The molecule has 0 spiro atoms. The van der Waals surface area contributed by atoms with Crippen molar-refractivity contribution in [2.75, 3.05) is 32.0 Å². The number of primary amides is 1. The van der Waals surface area contributed by atoms with Crippen LogP contribution in [0.25, 0.3) is 11.3 Å². The van der Waals surface area contributed by atoms with Crippen LogP contribution >= 0.6 is 46.3 Å². The van der Waals surface area contributed by atoms with Gasteiger partial charge in [-0.05, 0) is 35.9 Å². The molecule has 1 saturated heterocycles. The van der Waals surface area contributed by atoms with Crippen molar-refractivity contribution < 1.29 is 19.4 Å². The molecule has 1 aromatic heterocycles. The van der Waals surface area contributed by atoms with Crippen LogP contribution < -0.4 is 11.1 Å². The maximum absolute atomic E-state index is 12.4. The fourth-order valence-corrected chi connectivity index (χ4v) is 5.68. The summed E-state index contributed by atoms with van der Waals surface area (Å²) in [5.74, 6) is -0.778. The highest BCUT2D eigenvalue weighted by Gasteiger charge is 2.21. The lowest BCUT2D eigenvalue weighted by Gasteiger charge is -2.33. The second-order valence-corrected chi connectivity index (χ2v) is 11.1. The quantitative estimate of drug-likeness (QED) is 0.334. The van der Waals surface area contributed by atoms with E-state index < -0.39 is 5.91 Å². The molecule has 2 heterocycles. The molecule has 0 radical (unpaired) electrons. The van der Waals surface area contributed by atoms with Crippen LogP contribution in [0.5, 0.6) is 5.75 Å². The van der Waals surface area contributed by atoms with Crippen molar-refractivity contribution >= 4 is 58.1 Å². The largest absolute Gasteiger partial charge is 0.507 e. The molecule has 0 saturated carbocycles. The topological polar surface area (TPSA) is 118 Å². The summed E-state index contributed by atoms with van der Waals surface area (Å²) in [5.41, 5.74) is 7.71. The van der Waals surface area contributed by atoms with Gasteiger partial charge in [-0.15, -0.1) is 11.3 Å². The highest BCUT2D eigenvalue weighted by atomic mass is 35.5. The number of hydrogen-bond acceptors (Lipinski definition) is 8. The number of phenols is 1. The summed E-state index contributed by atoms with van der Waals surface area (Å²) >= 11 is 14.8. The number of benzene rings is 2. The van der Waals surface area contributed by atoms with Gasteiger partial charge in [-0.2, -0.15) is 0 Å². The predicted octanol–water partition coefficient (Wildman–Crippen LogP) is 4.03. The van der Waals surface area contributed by atoms with Gasteiger partial charge in [-0.1, -0.05) is 41.0 Å². The molecule has 36 heavy (non-hydrogen) atoms. The van der Waals surface area contributed by atoms with Crippen molar-refractivity contribution in [1.82, 2.24) is 15.2 Å². The van der Waals surface area contributed by atoms with Gasteiger partial charge < -0.3 is 20.9 Å². The molecule has 1 aliphatic heterocycles. The number of carbonyl (C=O) groups excluding carboxylic acids is 2. The molecule has 3 aromatic rings. The SMILES string of the molecule is NC(=O)c1cc(-c2csc(SCC(=O)NC[C@H]3CN(Cc4ccc(Cl)c(Cl)c4)CCO3)n2)ccc1O. The van der Waals surface area contributed by atoms with Crippen molar-refractivity contribution in [2.45, 2.75) is 17.0 Å². The molecule has 2 amide bonds. The van der Waals surface area contributed by atoms with Gasteiger partial charge in [0.15, 0.2) is 4.34 Å². The number of halogens is 2. The minimum Gasteiger partial charge on any atom is -0.507 e. The summed E-state index contributed by atoms with van der Waals surface area (Å²) in [4.78, 5) is 30.6. The van der Waals surface area contributed by atoms with Crippen molar-refractivity contribution in [3.8, 4) is 17.0 Å². The van der Waals surface area contributed by atoms with E-state index in [1.54, 1.807) is 12.1 Å². The van der Waals surface area contributed by atoms with E-state index >= 15 is 0 Å². The number of nitrogens with two attached hydrogens (primary N) is 1. The van der Waals surface area contributed by atoms with E-state index in [-0.39, 0.29) is 29.1 Å². The fourth-order valence-electron chi connectivity index (χ4n) is 3.70. The van der Waals surface area contributed by atoms with E-state index in [0.717, 1.165) is 23.0 Å². The normalized spacial score (nSPS) is 16.1. The van der Waals surface area contributed by atoms with Crippen LogP contribution in [-0.4, -0.2) is 64.9 Å². The molecule has 0 unspecified atom stereocenters. The average Bonchev–Trinajstić information content (AvgIpc) is 3.33. The Morgan fingerprint density at radius 2 is 2.08 bits per heavy atom.